The molecule has 0 bridgehead atoms. The van der Waals surface area contributed by atoms with Gasteiger partial charge in [-0.1, -0.05) is 35.9 Å². The normalized spacial score (nSPS) is 12.5. The summed E-state index contributed by atoms with van der Waals surface area (Å²) in [7, 11) is 0. The van der Waals surface area contributed by atoms with Crippen molar-refractivity contribution in [3.8, 4) is 0 Å². The Morgan fingerprint density at radius 2 is 2.27 bits per heavy atom. The van der Waals surface area contributed by atoms with Gasteiger partial charge in [0.05, 0.1) is 0 Å². The molecular weight excluding hydrogens is 206 g/mol. The van der Waals surface area contributed by atoms with E-state index in [9.17, 15) is 0 Å². The maximum Gasteiger partial charge on any atom is 0.0482 e. The van der Waals surface area contributed by atoms with E-state index in [1.54, 1.807) is 0 Å². The van der Waals surface area contributed by atoms with Gasteiger partial charge in [0, 0.05) is 11.1 Å². The molecule has 0 aliphatic heterocycles. The van der Waals surface area contributed by atoms with Crippen LogP contribution in [0.2, 0.25) is 5.02 Å². The maximum absolute atomic E-state index is 6.20. The number of allylic oxidation sites excluding steroid dienone is 1. The molecule has 2 N–H and O–H groups in total. The van der Waals surface area contributed by atoms with Gasteiger partial charge in [-0.25, -0.2) is 0 Å². The Morgan fingerprint density at radius 1 is 1.53 bits per heavy atom. The fourth-order valence-corrected chi connectivity index (χ4v) is 1.86. The molecule has 0 aliphatic rings. The van der Waals surface area contributed by atoms with Gasteiger partial charge < -0.3 is 5.73 Å². The second kappa shape index (κ2) is 5.94. The minimum Gasteiger partial charge on any atom is -0.324 e. The highest BCUT2D eigenvalue weighted by Crippen LogP contribution is 2.27. The van der Waals surface area contributed by atoms with E-state index < -0.39 is 0 Å². The van der Waals surface area contributed by atoms with Crippen LogP contribution in [0.25, 0.3) is 0 Å². The first kappa shape index (κ1) is 12.3. The average Bonchev–Trinajstić information content (AvgIpc) is 2.22. The molecule has 0 saturated heterocycles. The SMILES string of the molecule is C=CCCCC(N)c1cccc(C)c1Cl. The molecule has 1 aromatic rings. The Labute approximate surface area is 96.9 Å². The second-order valence-electron chi connectivity index (χ2n) is 3.80. The molecule has 1 nitrogen and oxygen atoms in total. The van der Waals surface area contributed by atoms with Gasteiger partial charge in [-0.15, -0.1) is 6.58 Å². The third kappa shape index (κ3) is 3.37. The highest BCUT2D eigenvalue weighted by Gasteiger charge is 2.10. The van der Waals surface area contributed by atoms with Crippen LogP contribution in [0.4, 0.5) is 0 Å². The van der Waals surface area contributed by atoms with E-state index in [0.717, 1.165) is 35.4 Å². The van der Waals surface area contributed by atoms with Gasteiger partial charge in [0.25, 0.3) is 0 Å². The van der Waals surface area contributed by atoms with Gasteiger partial charge in [0.2, 0.25) is 0 Å². The van der Waals surface area contributed by atoms with Gasteiger partial charge in [-0.05, 0) is 37.3 Å². The van der Waals surface area contributed by atoms with Crippen LogP contribution in [0.5, 0.6) is 0 Å². The van der Waals surface area contributed by atoms with Gasteiger partial charge in [0.1, 0.15) is 0 Å². The number of aryl methyl sites for hydroxylation is 1. The summed E-state index contributed by atoms with van der Waals surface area (Å²) in [6.45, 7) is 5.70. The number of nitrogens with two attached hydrogens (primary N) is 1. The highest BCUT2D eigenvalue weighted by atomic mass is 35.5. The highest BCUT2D eigenvalue weighted by molar-refractivity contribution is 6.32. The number of halogens is 1. The molecule has 82 valence electrons. The molecule has 1 aromatic carbocycles. The molecule has 1 unspecified atom stereocenters. The second-order valence-corrected chi connectivity index (χ2v) is 4.18. The number of hydrogen-bond donors (Lipinski definition) is 1. The lowest BCUT2D eigenvalue weighted by Gasteiger charge is -2.14. The van der Waals surface area contributed by atoms with Crippen LogP contribution >= 0.6 is 11.6 Å². The lowest BCUT2D eigenvalue weighted by Crippen LogP contribution is -2.10. The van der Waals surface area contributed by atoms with Gasteiger partial charge in [-0.2, -0.15) is 0 Å². The van der Waals surface area contributed by atoms with Gasteiger partial charge >= 0.3 is 0 Å². The molecule has 0 amide bonds. The van der Waals surface area contributed by atoms with E-state index in [1.807, 2.05) is 31.2 Å². The van der Waals surface area contributed by atoms with Crippen molar-refractivity contribution in [2.24, 2.45) is 5.73 Å². The number of benzene rings is 1. The lowest BCUT2D eigenvalue weighted by molar-refractivity contribution is 0.617. The van der Waals surface area contributed by atoms with Crippen molar-refractivity contribution >= 4 is 11.6 Å². The van der Waals surface area contributed by atoms with Crippen molar-refractivity contribution in [2.75, 3.05) is 0 Å². The zero-order chi connectivity index (χ0) is 11.3. The molecule has 0 saturated carbocycles. The quantitative estimate of drug-likeness (QED) is 0.593. The monoisotopic (exact) mass is 223 g/mol. The summed E-state index contributed by atoms with van der Waals surface area (Å²) in [5, 5.41) is 0.809. The molecule has 1 atom stereocenters. The van der Waals surface area contributed by atoms with Gasteiger partial charge in [-0.3, -0.25) is 0 Å². The van der Waals surface area contributed by atoms with Crippen LogP contribution in [0, 0.1) is 6.92 Å². The Bertz CT molecular complexity index is 333. The molecule has 0 heterocycles. The first-order chi connectivity index (χ1) is 7.16. The first-order valence-corrected chi connectivity index (χ1v) is 5.66. The summed E-state index contributed by atoms with van der Waals surface area (Å²) in [5.41, 5.74) is 8.23. The molecular formula is C13H18ClN. The molecule has 0 aromatic heterocycles. The van der Waals surface area contributed by atoms with Crippen molar-refractivity contribution < 1.29 is 0 Å². The summed E-state index contributed by atoms with van der Waals surface area (Å²) < 4.78 is 0. The van der Waals surface area contributed by atoms with E-state index >= 15 is 0 Å². The smallest absolute Gasteiger partial charge is 0.0482 e. The summed E-state index contributed by atoms with van der Waals surface area (Å²) in [4.78, 5) is 0. The topological polar surface area (TPSA) is 26.0 Å². The Balaban J connectivity index is 2.68. The number of unbranched alkanes of at least 4 members (excludes halogenated alkanes) is 1. The Hall–Kier alpha value is -0.790. The third-order valence-electron chi connectivity index (χ3n) is 2.54. The molecule has 0 fully saturated rings. The predicted molar refractivity (Wildman–Crippen MR) is 67.2 cm³/mol. The van der Waals surface area contributed by atoms with Gasteiger partial charge in [0.15, 0.2) is 0 Å². The van der Waals surface area contributed by atoms with E-state index in [0.29, 0.717) is 0 Å². The Kier molecular flexibility index (Phi) is 4.86. The maximum atomic E-state index is 6.20. The molecule has 2 heteroatoms. The van der Waals surface area contributed by atoms with E-state index in [1.165, 1.54) is 0 Å². The summed E-state index contributed by atoms with van der Waals surface area (Å²) in [6, 6.07) is 6.05. The minimum absolute atomic E-state index is 0.0392. The van der Waals surface area contributed by atoms with Crippen LogP contribution < -0.4 is 5.73 Å². The molecule has 0 radical (unpaired) electrons. The van der Waals surface area contributed by atoms with Crippen LogP contribution in [0.15, 0.2) is 30.9 Å². The van der Waals surface area contributed by atoms with E-state index in [4.69, 9.17) is 17.3 Å². The van der Waals surface area contributed by atoms with E-state index in [2.05, 4.69) is 6.58 Å². The molecule has 0 aliphatic carbocycles. The largest absolute Gasteiger partial charge is 0.324 e. The van der Waals surface area contributed by atoms with Crippen LogP contribution in [-0.2, 0) is 0 Å². The number of rotatable bonds is 5. The standard InChI is InChI=1S/C13H18ClN/c1-3-4-5-9-12(15)11-8-6-7-10(2)13(11)14/h3,6-8,12H,1,4-5,9,15H2,2H3. The van der Waals surface area contributed by atoms with Crippen LogP contribution in [0.1, 0.15) is 36.4 Å². The van der Waals surface area contributed by atoms with Crippen molar-refractivity contribution in [3.63, 3.8) is 0 Å². The summed E-state index contributed by atoms with van der Waals surface area (Å²) in [6.07, 6.45) is 4.95. The van der Waals surface area contributed by atoms with Crippen molar-refractivity contribution in [1.29, 1.82) is 0 Å². The summed E-state index contributed by atoms with van der Waals surface area (Å²) in [5.74, 6) is 0. The molecule has 1 rings (SSSR count). The van der Waals surface area contributed by atoms with Crippen molar-refractivity contribution in [1.82, 2.24) is 0 Å². The van der Waals surface area contributed by atoms with Crippen molar-refractivity contribution in [2.45, 2.75) is 32.2 Å². The number of hydrogen-bond acceptors (Lipinski definition) is 1. The first-order valence-electron chi connectivity index (χ1n) is 5.28. The van der Waals surface area contributed by atoms with Crippen LogP contribution in [0.3, 0.4) is 0 Å². The summed E-state index contributed by atoms with van der Waals surface area (Å²) >= 11 is 6.20. The van der Waals surface area contributed by atoms with E-state index in [-0.39, 0.29) is 6.04 Å². The molecule has 15 heavy (non-hydrogen) atoms. The predicted octanol–water partition coefficient (Wildman–Crippen LogP) is 4.00. The van der Waals surface area contributed by atoms with Crippen LogP contribution in [-0.4, -0.2) is 0 Å². The average molecular weight is 224 g/mol. The minimum atomic E-state index is 0.0392. The zero-order valence-electron chi connectivity index (χ0n) is 9.17. The van der Waals surface area contributed by atoms with Crippen molar-refractivity contribution in [3.05, 3.63) is 47.0 Å². The zero-order valence-corrected chi connectivity index (χ0v) is 9.93. The Morgan fingerprint density at radius 3 is 2.93 bits per heavy atom. The fraction of sp³-hybridized carbons (Fsp3) is 0.385. The fourth-order valence-electron chi connectivity index (χ4n) is 1.59. The third-order valence-corrected chi connectivity index (χ3v) is 3.06. The lowest BCUT2D eigenvalue weighted by atomic mass is 10.00. The molecule has 0 spiro atoms.